The molecule has 1 aliphatic heterocycles. The molecule has 0 atom stereocenters. The average Bonchev–Trinajstić information content (AvgIpc) is 2.48. The number of ether oxygens (including phenoxy) is 1. The number of rotatable bonds is 2. The van der Waals surface area contributed by atoms with E-state index in [1.54, 1.807) is 12.1 Å². The van der Waals surface area contributed by atoms with Crippen molar-refractivity contribution in [2.45, 2.75) is 0 Å². The molecule has 0 radical (unpaired) electrons. The highest BCUT2D eigenvalue weighted by Crippen LogP contribution is 2.33. The van der Waals surface area contributed by atoms with Crippen LogP contribution in [0.1, 0.15) is 10.4 Å². The maximum absolute atomic E-state index is 12.2. The SMILES string of the molecule is CN1CCOc2cc(NC(=O)c3ccc(Br)cc3)ccc21. The Kier molecular flexibility index (Phi) is 3.84. The molecular weight excluding hydrogens is 332 g/mol. The van der Waals surface area contributed by atoms with Gasteiger partial charge in [0.15, 0.2) is 0 Å². The Labute approximate surface area is 131 Å². The van der Waals surface area contributed by atoms with Crippen molar-refractivity contribution in [3.8, 4) is 5.75 Å². The Balaban J connectivity index is 1.79. The zero-order valence-corrected chi connectivity index (χ0v) is 13.2. The first-order valence-corrected chi connectivity index (χ1v) is 7.48. The summed E-state index contributed by atoms with van der Waals surface area (Å²) in [6, 6.07) is 13.0. The molecule has 0 aromatic heterocycles. The van der Waals surface area contributed by atoms with E-state index in [4.69, 9.17) is 4.74 Å². The van der Waals surface area contributed by atoms with Crippen LogP contribution in [0.5, 0.6) is 5.75 Å². The molecule has 0 aliphatic carbocycles. The highest BCUT2D eigenvalue weighted by Gasteiger charge is 2.15. The van der Waals surface area contributed by atoms with Crippen molar-refractivity contribution < 1.29 is 9.53 Å². The zero-order chi connectivity index (χ0) is 14.8. The van der Waals surface area contributed by atoms with Crippen LogP contribution in [0.15, 0.2) is 46.9 Å². The number of halogens is 1. The van der Waals surface area contributed by atoms with E-state index in [9.17, 15) is 4.79 Å². The topological polar surface area (TPSA) is 41.6 Å². The van der Waals surface area contributed by atoms with Crippen molar-refractivity contribution in [1.82, 2.24) is 0 Å². The fraction of sp³-hybridized carbons (Fsp3) is 0.188. The van der Waals surface area contributed by atoms with Gasteiger partial charge in [0.05, 0.1) is 12.2 Å². The number of carbonyl (C=O) groups is 1. The van der Waals surface area contributed by atoms with E-state index < -0.39 is 0 Å². The number of nitrogens with zero attached hydrogens (tertiary/aromatic N) is 1. The molecule has 1 N–H and O–H groups in total. The molecule has 1 amide bonds. The average molecular weight is 347 g/mol. The van der Waals surface area contributed by atoms with E-state index >= 15 is 0 Å². The summed E-state index contributed by atoms with van der Waals surface area (Å²) in [4.78, 5) is 14.3. The maximum Gasteiger partial charge on any atom is 0.255 e. The number of carbonyl (C=O) groups excluding carboxylic acids is 1. The van der Waals surface area contributed by atoms with Crippen LogP contribution in [0.2, 0.25) is 0 Å². The lowest BCUT2D eigenvalue weighted by molar-refractivity contribution is 0.102. The molecule has 2 aromatic carbocycles. The molecule has 3 rings (SSSR count). The second-order valence-electron chi connectivity index (χ2n) is 4.91. The number of hydrogen-bond donors (Lipinski definition) is 1. The standard InChI is InChI=1S/C16H15BrN2O2/c1-19-8-9-21-15-10-13(6-7-14(15)19)18-16(20)11-2-4-12(17)5-3-11/h2-7,10H,8-9H2,1H3,(H,18,20). The number of anilines is 2. The molecule has 108 valence electrons. The van der Waals surface area contributed by atoms with Gasteiger partial charge in [-0.25, -0.2) is 0 Å². The summed E-state index contributed by atoms with van der Waals surface area (Å²) in [6.07, 6.45) is 0. The summed E-state index contributed by atoms with van der Waals surface area (Å²) >= 11 is 3.36. The van der Waals surface area contributed by atoms with E-state index in [0.717, 1.165) is 28.1 Å². The van der Waals surface area contributed by atoms with Crippen LogP contribution in [0.3, 0.4) is 0 Å². The molecule has 0 unspecified atom stereocenters. The van der Waals surface area contributed by atoms with Gasteiger partial charge >= 0.3 is 0 Å². The molecule has 1 heterocycles. The zero-order valence-electron chi connectivity index (χ0n) is 11.6. The minimum Gasteiger partial charge on any atom is -0.489 e. The number of hydrogen-bond acceptors (Lipinski definition) is 3. The molecular formula is C16H15BrN2O2. The molecule has 0 saturated carbocycles. The summed E-state index contributed by atoms with van der Waals surface area (Å²) in [5, 5.41) is 2.89. The quantitative estimate of drug-likeness (QED) is 0.904. The maximum atomic E-state index is 12.2. The molecule has 0 fully saturated rings. The number of benzene rings is 2. The Morgan fingerprint density at radius 2 is 2.00 bits per heavy atom. The summed E-state index contributed by atoms with van der Waals surface area (Å²) in [6.45, 7) is 1.53. The van der Waals surface area contributed by atoms with Gasteiger partial charge in [-0.2, -0.15) is 0 Å². The van der Waals surface area contributed by atoms with Gasteiger partial charge in [-0.1, -0.05) is 15.9 Å². The summed E-state index contributed by atoms with van der Waals surface area (Å²) in [5.74, 6) is 0.670. The fourth-order valence-corrected chi connectivity index (χ4v) is 2.50. The van der Waals surface area contributed by atoms with Crippen molar-refractivity contribution in [2.24, 2.45) is 0 Å². The van der Waals surface area contributed by atoms with Crippen LogP contribution >= 0.6 is 15.9 Å². The minimum atomic E-state index is -0.133. The molecule has 1 aliphatic rings. The molecule has 5 heteroatoms. The van der Waals surface area contributed by atoms with Crippen molar-refractivity contribution in [1.29, 1.82) is 0 Å². The number of amides is 1. The third-order valence-electron chi connectivity index (χ3n) is 3.42. The first kappa shape index (κ1) is 13.9. The van der Waals surface area contributed by atoms with Gasteiger partial charge in [0, 0.05) is 28.8 Å². The Morgan fingerprint density at radius 1 is 1.24 bits per heavy atom. The van der Waals surface area contributed by atoms with E-state index in [2.05, 4.69) is 26.1 Å². The molecule has 4 nitrogen and oxygen atoms in total. The number of nitrogens with one attached hydrogen (secondary N) is 1. The predicted molar refractivity (Wildman–Crippen MR) is 87.3 cm³/mol. The van der Waals surface area contributed by atoms with Gasteiger partial charge < -0.3 is 15.0 Å². The minimum absolute atomic E-state index is 0.133. The number of fused-ring (bicyclic) bond motifs is 1. The fourth-order valence-electron chi connectivity index (χ4n) is 2.24. The van der Waals surface area contributed by atoms with Crippen molar-refractivity contribution in [3.63, 3.8) is 0 Å². The van der Waals surface area contributed by atoms with Crippen molar-refractivity contribution in [2.75, 3.05) is 30.4 Å². The lowest BCUT2D eigenvalue weighted by atomic mass is 10.2. The van der Waals surface area contributed by atoms with Crippen LogP contribution in [-0.4, -0.2) is 26.1 Å². The predicted octanol–water partition coefficient (Wildman–Crippen LogP) is 3.53. The summed E-state index contributed by atoms with van der Waals surface area (Å²) in [7, 11) is 2.03. The normalized spacial score (nSPS) is 13.3. The Bertz CT molecular complexity index is 670. The monoisotopic (exact) mass is 346 g/mol. The molecule has 0 bridgehead atoms. The molecule has 0 spiro atoms. The van der Waals surface area contributed by atoms with Gasteiger partial charge in [-0.05, 0) is 36.4 Å². The van der Waals surface area contributed by atoms with Gasteiger partial charge in [-0.15, -0.1) is 0 Å². The Hall–Kier alpha value is -2.01. The van der Waals surface area contributed by atoms with E-state index in [-0.39, 0.29) is 5.91 Å². The second kappa shape index (κ2) is 5.77. The van der Waals surface area contributed by atoms with Crippen LogP contribution in [0.25, 0.3) is 0 Å². The van der Waals surface area contributed by atoms with Crippen LogP contribution in [-0.2, 0) is 0 Å². The summed E-state index contributed by atoms with van der Waals surface area (Å²) in [5.41, 5.74) is 2.40. The van der Waals surface area contributed by atoms with Gasteiger partial charge in [0.25, 0.3) is 5.91 Å². The van der Waals surface area contributed by atoms with Gasteiger partial charge in [-0.3, -0.25) is 4.79 Å². The third kappa shape index (κ3) is 3.03. The smallest absolute Gasteiger partial charge is 0.255 e. The first-order chi connectivity index (χ1) is 10.1. The lowest BCUT2D eigenvalue weighted by Gasteiger charge is -2.27. The largest absolute Gasteiger partial charge is 0.489 e. The Morgan fingerprint density at radius 3 is 2.76 bits per heavy atom. The van der Waals surface area contributed by atoms with Crippen LogP contribution < -0.4 is 15.0 Å². The highest BCUT2D eigenvalue weighted by molar-refractivity contribution is 9.10. The van der Waals surface area contributed by atoms with Crippen LogP contribution in [0.4, 0.5) is 11.4 Å². The van der Waals surface area contributed by atoms with Crippen molar-refractivity contribution in [3.05, 3.63) is 52.5 Å². The first-order valence-electron chi connectivity index (χ1n) is 6.68. The van der Waals surface area contributed by atoms with Crippen molar-refractivity contribution >= 4 is 33.2 Å². The van der Waals surface area contributed by atoms with Gasteiger partial charge in [0.1, 0.15) is 12.4 Å². The third-order valence-corrected chi connectivity index (χ3v) is 3.95. The van der Waals surface area contributed by atoms with Crippen LogP contribution in [0, 0.1) is 0 Å². The molecule has 21 heavy (non-hydrogen) atoms. The van der Waals surface area contributed by atoms with E-state index in [1.807, 2.05) is 37.4 Å². The molecule has 2 aromatic rings. The van der Waals surface area contributed by atoms with E-state index in [0.29, 0.717) is 12.2 Å². The number of likely N-dealkylation sites (N-methyl/N-ethyl adjacent to an activating group) is 1. The second-order valence-corrected chi connectivity index (χ2v) is 5.83. The van der Waals surface area contributed by atoms with E-state index in [1.165, 1.54) is 0 Å². The lowest BCUT2D eigenvalue weighted by Crippen LogP contribution is -2.28. The highest BCUT2D eigenvalue weighted by atomic mass is 79.9. The molecule has 0 saturated heterocycles. The van der Waals surface area contributed by atoms with Gasteiger partial charge in [0.2, 0.25) is 0 Å². The summed E-state index contributed by atoms with van der Waals surface area (Å²) < 4.78 is 6.59.